The van der Waals surface area contributed by atoms with Gasteiger partial charge in [-0.1, -0.05) is 18.7 Å². The molecule has 0 spiro atoms. The van der Waals surface area contributed by atoms with E-state index in [4.69, 9.17) is 4.42 Å². The van der Waals surface area contributed by atoms with Crippen LogP contribution in [0.4, 0.5) is 0 Å². The van der Waals surface area contributed by atoms with E-state index in [2.05, 4.69) is 28.2 Å². The molecule has 8 heteroatoms. The number of rotatable bonds is 6. The van der Waals surface area contributed by atoms with Gasteiger partial charge in [0.25, 0.3) is 11.1 Å². The smallest absolute Gasteiger partial charge is 0.277 e. The molecule has 3 aromatic heterocycles. The van der Waals surface area contributed by atoms with Crippen LogP contribution in [0.25, 0.3) is 10.8 Å². The monoisotopic (exact) mass is 429 g/mol. The van der Waals surface area contributed by atoms with Crippen LogP contribution in [0, 0.1) is 19.8 Å². The highest BCUT2D eigenvalue weighted by molar-refractivity contribution is 7.99. The van der Waals surface area contributed by atoms with Gasteiger partial charge in [0.15, 0.2) is 11.6 Å². The number of carbonyl (C=O) groups is 2. The zero-order valence-corrected chi connectivity index (χ0v) is 18.6. The number of aromatic nitrogens is 3. The highest BCUT2D eigenvalue weighted by Gasteiger charge is 2.23. The molecule has 0 fully saturated rings. The first kappa shape index (κ1) is 20.1. The zero-order valence-electron chi connectivity index (χ0n) is 16.9. The topological polar surface area (TPSA) is 88.9 Å². The molecule has 152 valence electrons. The molecule has 0 aromatic carbocycles. The lowest BCUT2D eigenvalue weighted by Gasteiger charge is -2.16. The SMILES string of the molecule is CC(=O)c1c(C)[nH]c(C(=O)CSc2nnc(-c3cc4c(s3)CC[C@@H](C)C4)o2)c1C. The molecule has 0 bridgehead atoms. The summed E-state index contributed by atoms with van der Waals surface area (Å²) in [5.74, 6) is 1.25. The number of Topliss-reactive ketones (excluding diaryl/α,β-unsaturated/α-hetero) is 2. The quantitative estimate of drug-likeness (QED) is 0.436. The Bertz CT molecular complexity index is 1090. The number of nitrogens with one attached hydrogen (secondary N) is 1. The average molecular weight is 430 g/mol. The first-order valence-electron chi connectivity index (χ1n) is 9.65. The number of thiophene rings is 1. The van der Waals surface area contributed by atoms with Gasteiger partial charge in [0.2, 0.25) is 0 Å². The van der Waals surface area contributed by atoms with Gasteiger partial charge in [0, 0.05) is 16.1 Å². The number of hydrogen-bond acceptors (Lipinski definition) is 7. The van der Waals surface area contributed by atoms with Crippen LogP contribution in [0.2, 0.25) is 0 Å². The first-order valence-corrected chi connectivity index (χ1v) is 11.4. The van der Waals surface area contributed by atoms with E-state index in [1.54, 1.807) is 25.2 Å². The van der Waals surface area contributed by atoms with Crippen molar-refractivity contribution in [3.63, 3.8) is 0 Å². The highest BCUT2D eigenvalue weighted by atomic mass is 32.2. The van der Waals surface area contributed by atoms with E-state index < -0.39 is 0 Å². The van der Waals surface area contributed by atoms with Crippen molar-refractivity contribution in [2.24, 2.45) is 5.92 Å². The lowest BCUT2D eigenvalue weighted by atomic mass is 9.90. The van der Waals surface area contributed by atoms with Crippen LogP contribution in [0.5, 0.6) is 0 Å². The van der Waals surface area contributed by atoms with E-state index in [0.29, 0.717) is 33.9 Å². The van der Waals surface area contributed by atoms with Crippen molar-refractivity contribution in [1.82, 2.24) is 15.2 Å². The molecule has 0 radical (unpaired) electrons. The number of aryl methyl sites for hydroxylation is 2. The number of fused-ring (bicyclic) bond motifs is 1. The molecule has 4 rings (SSSR count). The maximum atomic E-state index is 12.6. The van der Waals surface area contributed by atoms with E-state index in [1.807, 2.05) is 0 Å². The van der Waals surface area contributed by atoms with Crippen molar-refractivity contribution >= 4 is 34.7 Å². The minimum Gasteiger partial charge on any atom is -0.410 e. The summed E-state index contributed by atoms with van der Waals surface area (Å²) < 4.78 is 5.79. The molecule has 0 saturated carbocycles. The van der Waals surface area contributed by atoms with Crippen LogP contribution < -0.4 is 0 Å². The molecular formula is C21H23N3O3S2. The lowest BCUT2D eigenvalue weighted by molar-refractivity contribution is 0.101. The van der Waals surface area contributed by atoms with E-state index in [0.717, 1.165) is 23.4 Å². The second kappa shape index (κ2) is 7.91. The van der Waals surface area contributed by atoms with Gasteiger partial charge < -0.3 is 9.40 Å². The molecule has 0 unspecified atom stereocenters. The summed E-state index contributed by atoms with van der Waals surface area (Å²) in [6.07, 6.45) is 3.44. The predicted octanol–water partition coefficient (Wildman–Crippen LogP) is 5.05. The van der Waals surface area contributed by atoms with Crippen molar-refractivity contribution in [3.8, 4) is 10.8 Å². The fraction of sp³-hybridized carbons (Fsp3) is 0.429. The van der Waals surface area contributed by atoms with Gasteiger partial charge in [-0.2, -0.15) is 0 Å². The number of aromatic amines is 1. The molecule has 3 heterocycles. The van der Waals surface area contributed by atoms with Crippen LogP contribution in [0.15, 0.2) is 15.7 Å². The van der Waals surface area contributed by atoms with Gasteiger partial charge in [-0.05, 0) is 63.1 Å². The van der Waals surface area contributed by atoms with Crippen molar-refractivity contribution < 1.29 is 14.0 Å². The zero-order chi connectivity index (χ0) is 20.7. The average Bonchev–Trinajstić information content (AvgIpc) is 3.36. The number of nitrogens with zero attached hydrogens (tertiary/aromatic N) is 2. The van der Waals surface area contributed by atoms with Crippen LogP contribution in [-0.4, -0.2) is 32.5 Å². The molecule has 1 atom stereocenters. The Kier molecular flexibility index (Phi) is 5.48. The molecule has 3 aromatic rings. The minimum atomic E-state index is -0.0941. The molecule has 6 nitrogen and oxygen atoms in total. The Labute approximate surface area is 177 Å². The molecular weight excluding hydrogens is 406 g/mol. The molecule has 1 aliphatic carbocycles. The maximum Gasteiger partial charge on any atom is 0.277 e. The summed E-state index contributed by atoms with van der Waals surface area (Å²) >= 11 is 2.94. The Morgan fingerprint density at radius 2 is 2.14 bits per heavy atom. The van der Waals surface area contributed by atoms with Crippen molar-refractivity contribution in [2.45, 2.75) is 52.2 Å². The molecule has 0 saturated heterocycles. The highest BCUT2D eigenvalue weighted by Crippen LogP contribution is 2.37. The van der Waals surface area contributed by atoms with E-state index in [1.165, 1.54) is 35.5 Å². The molecule has 1 aliphatic rings. The van der Waals surface area contributed by atoms with Crippen LogP contribution in [-0.2, 0) is 12.8 Å². The summed E-state index contributed by atoms with van der Waals surface area (Å²) in [6.45, 7) is 7.39. The van der Waals surface area contributed by atoms with Crippen molar-refractivity contribution in [3.05, 3.63) is 39.0 Å². The van der Waals surface area contributed by atoms with Gasteiger partial charge in [0.1, 0.15) is 0 Å². The van der Waals surface area contributed by atoms with E-state index in [-0.39, 0.29) is 17.3 Å². The number of H-pyrrole nitrogens is 1. The Hall–Kier alpha value is -2.19. The first-order chi connectivity index (χ1) is 13.8. The Morgan fingerprint density at radius 1 is 1.34 bits per heavy atom. The summed E-state index contributed by atoms with van der Waals surface area (Å²) in [4.78, 5) is 29.8. The summed E-state index contributed by atoms with van der Waals surface area (Å²) in [6, 6.07) is 2.16. The van der Waals surface area contributed by atoms with Gasteiger partial charge in [-0.3, -0.25) is 9.59 Å². The molecule has 0 aliphatic heterocycles. The van der Waals surface area contributed by atoms with Crippen molar-refractivity contribution in [2.75, 3.05) is 5.75 Å². The van der Waals surface area contributed by atoms with Crippen LogP contribution in [0.3, 0.4) is 0 Å². The second-order valence-corrected chi connectivity index (χ2v) is 9.74. The fourth-order valence-electron chi connectivity index (χ4n) is 3.94. The van der Waals surface area contributed by atoms with Crippen LogP contribution in [0.1, 0.15) is 62.8 Å². The molecule has 29 heavy (non-hydrogen) atoms. The Balaban J connectivity index is 1.45. The number of carbonyl (C=O) groups excluding carboxylic acids is 2. The summed E-state index contributed by atoms with van der Waals surface area (Å²) in [5.41, 5.74) is 3.88. The van der Waals surface area contributed by atoms with Gasteiger partial charge in [-0.25, -0.2) is 0 Å². The largest absolute Gasteiger partial charge is 0.410 e. The Morgan fingerprint density at radius 3 is 2.86 bits per heavy atom. The predicted molar refractivity (Wildman–Crippen MR) is 114 cm³/mol. The third-order valence-electron chi connectivity index (χ3n) is 5.34. The number of hydrogen-bond donors (Lipinski definition) is 1. The van der Waals surface area contributed by atoms with Crippen LogP contribution >= 0.6 is 23.1 Å². The van der Waals surface area contributed by atoms with E-state index in [9.17, 15) is 9.59 Å². The molecule has 0 amide bonds. The third kappa shape index (κ3) is 3.96. The third-order valence-corrected chi connectivity index (χ3v) is 7.39. The van der Waals surface area contributed by atoms with Crippen molar-refractivity contribution in [1.29, 1.82) is 0 Å². The van der Waals surface area contributed by atoms with Gasteiger partial charge in [0.05, 0.1) is 16.3 Å². The normalized spacial score (nSPS) is 16.1. The maximum absolute atomic E-state index is 12.6. The van der Waals surface area contributed by atoms with Gasteiger partial charge in [-0.15, -0.1) is 21.5 Å². The summed E-state index contributed by atoms with van der Waals surface area (Å²) in [5, 5.41) is 8.63. The fourth-order valence-corrected chi connectivity index (χ4v) is 5.70. The minimum absolute atomic E-state index is 0.0439. The van der Waals surface area contributed by atoms with Gasteiger partial charge >= 0.3 is 0 Å². The molecule has 1 N–H and O–H groups in total. The second-order valence-electron chi connectivity index (χ2n) is 7.67. The van der Waals surface area contributed by atoms with E-state index >= 15 is 0 Å². The lowest BCUT2D eigenvalue weighted by Crippen LogP contribution is -2.07. The standard InChI is InChI=1S/C21H23N3O3S2/c1-10-5-6-16-14(7-10)8-17(29-16)20-23-24-21(27-20)28-9-15(26)19-11(2)18(13(4)25)12(3)22-19/h8,10,22H,5-7,9H2,1-4H3/t10-/m1/s1. The summed E-state index contributed by atoms with van der Waals surface area (Å²) in [7, 11) is 0. The number of thioether (sulfide) groups is 1. The number of ketones is 2.